The molecule has 0 bridgehead atoms. The van der Waals surface area contributed by atoms with Gasteiger partial charge in [0.1, 0.15) is 6.10 Å². The van der Waals surface area contributed by atoms with Crippen molar-refractivity contribution in [2.24, 2.45) is 0 Å². The van der Waals surface area contributed by atoms with Crippen LogP contribution in [-0.4, -0.2) is 16.8 Å². The van der Waals surface area contributed by atoms with E-state index in [9.17, 15) is 5.11 Å². The van der Waals surface area contributed by atoms with Gasteiger partial charge in [-0.3, -0.25) is 0 Å². The Hall–Kier alpha value is -0.860. The molecule has 2 nitrogen and oxygen atoms in total. The Bertz CT molecular complexity index is 269. The van der Waals surface area contributed by atoms with E-state index in [0.29, 0.717) is 0 Å². The second-order valence-corrected chi connectivity index (χ2v) is 3.06. The molecule has 0 fully saturated rings. The first-order chi connectivity index (χ1) is 5.65. The van der Waals surface area contributed by atoms with E-state index in [4.69, 9.17) is 5.11 Å². The molecule has 0 heterocycles. The number of aliphatic hydroxyl groups is 2. The summed E-state index contributed by atoms with van der Waals surface area (Å²) in [5.41, 5.74) is 2.93. The molecule has 0 saturated carbocycles. The van der Waals surface area contributed by atoms with E-state index in [1.54, 1.807) is 0 Å². The molecule has 2 heteroatoms. The van der Waals surface area contributed by atoms with E-state index in [2.05, 4.69) is 0 Å². The lowest BCUT2D eigenvalue weighted by molar-refractivity contribution is 0.0951. The zero-order valence-corrected chi connectivity index (χ0v) is 7.41. The van der Waals surface area contributed by atoms with Gasteiger partial charge in [-0.05, 0) is 25.0 Å². The second-order valence-electron chi connectivity index (χ2n) is 3.06. The summed E-state index contributed by atoms with van der Waals surface area (Å²) in [7, 11) is 0. The van der Waals surface area contributed by atoms with Gasteiger partial charge in [0.2, 0.25) is 0 Å². The lowest BCUT2D eigenvalue weighted by Crippen LogP contribution is -2.04. The summed E-state index contributed by atoms with van der Waals surface area (Å²) in [4.78, 5) is 0. The zero-order valence-electron chi connectivity index (χ0n) is 7.41. The van der Waals surface area contributed by atoms with Crippen LogP contribution in [0.25, 0.3) is 0 Å². The molecule has 0 saturated heterocycles. The fourth-order valence-electron chi connectivity index (χ4n) is 1.22. The summed E-state index contributed by atoms with van der Waals surface area (Å²) in [5.74, 6) is 0. The van der Waals surface area contributed by atoms with Crippen LogP contribution in [0.15, 0.2) is 18.2 Å². The van der Waals surface area contributed by atoms with E-state index in [0.717, 1.165) is 16.7 Å². The molecule has 0 aliphatic rings. The highest BCUT2D eigenvalue weighted by atomic mass is 16.3. The molecule has 12 heavy (non-hydrogen) atoms. The minimum Gasteiger partial charge on any atom is -0.393 e. The first kappa shape index (κ1) is 9.23. The number of benzene rings is 1. The van der Waals surface area contributed by atoms with E-state index in [-0.39, 0.29) is 6.61 Å². The fourth-order valence-corrected chi connectivity index (χ4v) is 1.22. The number of aliphatic hydroxyl groups excluding tert-OH is 2. The van der Waals surface area contributed by atoms with Crippen molar-refractivity contribution in [2.75, 3.05) is 6.61 Å². The maximum Gasteiger partial charge on any atom is 0.102 e. The maximum atomic E-state index is 9.38. The van der Waals surface area contributed by atoms with Crippen LogP contribution in [-0.2, 0) is 0 Å². The molecule has 0 aliphatic carbocycles. The van der Waals surface area contributed by atoms with E-state index >= 15 is 0 Å². The summed E-state index contributed by atoms with van der Waals surface area (Å²) in [6.07, 6.45) is -0.745. The van der Waals surface area contributed by atoms with Crippen molar-refractivity contribution in [1.82, 2.24) is 0 Å². The molecule has 1 aromatic rings. The highest BCUT2D eigenvalue weighted by Gasteiger charge is 2.08. The molecular formula is C10H14O2. The van der Waals surface area contributed by atoms with Crippen LogP contribution in [0.2, 0.25) is 0 Å². The molecule has 0 radical (unpaired) electrons. The Balaban J connectivity index is 3.04. The Kier molecular flexibility index (Phi) is 2.84. The molecule has 1 rings (SSSR count). The lowest BCUT2D eigenvalue weighted by atomic mass is 10.0. The third-order valence-corrected chi connectivity index (χ3v) is 1.97. The zero-order chi connectivity index (χ0) is 9.14. The third-order valence-electron chi connectivity index (χ3n) is 1.97. The Morgan fingerprint density at radius 2 is 2.00 bits per heavy atom. The van der Waals surface area contributed by atoms with Crippen LogP contribution in [0.3, 0.4) is 0 Å². The maximum absolute atomic E-state index is 9.38. The van der Waals surface area contributed by atoms with Gasteiger partial charge in [-0.1, -0.05) is 23.8 Å². The van der Waals surface area contributed by atoms with Crippen LogP contribution in [0, 0.1) is 13.8 Å². The summed E-state index contributed by atoms with van der Waals surface area (Å²) >= 11 is 0. The highest BCUT2D eigenvalue weighted by Crippen LogP contribution is 2.18. The third kappa shape index (κ3) is 1.84. The number of hydrogen-bond acceptors (Lipinski definition) is 2. The number of rotatable bonds is 2. The molecule has 0 amide bonds. The van der Waals surface area contributed by atoms with Gasteiger partial charge in [-0.15, -0.1) is 0 Å². The Labute approximate surface area is 72.5 Å². The summed E-state index contributed by atoms with van der Waals surface area (Å²) in [6, 6.07) is 5.84. The van der Waals surface area contributed by atoms with Crippen LogP contribution in [0.5, 0.6) is 0 Å². The molecule has 2 N–H and O–H groups in total. The molecule has 0 spiro atoms. The monoisotopic (exact) mass is 166 g/mol. The average molecular weight is 166 g/mol. The summed E-state index contributed by atoms with van der Waals surface area (Å²) in [5, 5.41) is 18.1. The summed E-state index contributed by atoms with van der Waals surface area (Å²) < 4.78 is 0. The van der Waals surface area contributed by atoms with Crippen molar-refractivity contribution >= 4 is 0 Å². The van der Waals surface area contributed by atoms with Crippen molar-refractivity contribution in [1.29, 1.82) is 0 Å². The van der Waals surface area contributed by atoms with Crippen LogP contribution in [0.4, 0.5) is 0 Å². The molecule has 66 valence electrons. The normalized spacial score (nSPS) is 13.0. The lowest BCUT2D eigenvalue weighted by Gasteiger charge is -2.11. The minimum atomic E-state index is -0.745. The van der Waals surface area contributed by atoms with Crippen molar-refractivity contribution in [2.45, 2.75) is 20.0 Å². The van der Waals surface area contributed by atoms with Gasteiger partial charge < -0.3 is 10.2 Å². The molecule has 0 aliphatic heterocycles. The minimum absolute atomic E-state index is 0.218. The SMILES string of the molecule is Cc1ccc(C)c([C@@H](O)CO)c1. The van der Waals surface area contributed by atoms with E-state index < -0.39 is 6.10 Å². The van der Waals surface area contributed by atoms with Gasteiger partial charge in [0.25, 0.3) is 0 Å². The smallest absolute Gasteiger partial charge is 0.102 e. The van der Waals surface area contributed by atoms with E-state index in [1.807, 2.05) is 32.0 Å². The van der Waals surface area contributed by atoms with Crippen molar-refractivity contribution in [3.05, 3.63) is 34.9 Å². The molecule has 1 aromatic carbocycles. The van der Waals surface area contributed by atoms with Gasteiger partial charge in [0.15, 0.2) is 0 Å². The van der Waals surface area contributed by atoms with Gasteiger partial charge in [-0.2, -0.15) is 0 Å². The van der Waals surface area contributed by atoms with Gasteiger partial charge in [-0.25, -0.2) is 0 Å². The largest absolute Gasteiger partial charge is 0.393 e. The number of hydrogen-bond donors (Lipinski definition) is 2. The standard InChI is InChI=1S/C10H14O2/c1-7-3-4-8(2)9(5-7)10(12)6-11/h3-5,10-12H,6H2,1-2H3/t10-/m0/s1. The predicted molar refractivity (Wildman–Crippen MR) is 48.0 cm³/mol. The quantitative estimate of drug-likeness (QED) is 0.695. The van der Waals surface area contributed by atoms with Crippen LogP contribution >= 0.6 is 0 Å². The Morgan fingerprint density at radius 1 is 1.33 bits per heavy atom. The summed E-state index contributed by atoms with van der Waals surface area (Å²) in [6.45, 7) is 3.67. The molecule has 0 aromatic heterocycles. The average Bonchev–Trinajstić information content (AvgIpc) is 2.08. The van der Waals surface area contributed by atoms with Crippen molar-refractivity contribution in [3.63, 3.8) is 0 Å². The molecule has 0 unspecified atom stereocenters. The van der Waals surface area contributed by atoms with Gasteiger partial charge in [0.05, 0.1) is 6.61 Å². The van der Waals surface area contributed by atoms with E-state index in [1.165, 1.54) is 0 Å². The van der Waals surface area contributed by atoms with Crippen LogP contribution < -0.4 is 0 Å². The molecular weight excluding hydrogens is 152 g/mol. The first-order valence-electron chi connectivity index (χ1n) is 4.01. The Morgan fingerprint density at radius 3 is 2.58 bits per heavy atom. The topological polar surface area (TPSA) is 40.5 Å². The first-order valence-corrected chi connectivity index (χ1v) is 4.01. The predicted octanol–water partition coefficient (Wildman–Crippen LogP) is 1.33. The van der Waals surface area contributed by atoms with Gasteiger partial charge >= 0.3 is 0 Å². The van der Waals surface area contributed by atoms with Crippen molar-refractivity contribution in [3.8, 4) is 0 Å². The van der Waals surface area contributed by atoms with Crippen molar-refractivity contribution < 1.29 is 10.2 Å². The van der Waals surface area contributed by atoms with Crippen LogP contribution in [0.1, 0.15) is 22.8 Å². The fraction of sp³-hybridized carbons (Fsp3) is 0.400. The highest BCUT2D eigenvalue weighted by molar-refractivity contribution is 5.32. The van der Waals surface area contributed by atoms with Gasteiger partial charge in [0, 0.05) is 0 Å². The molecule has 1 atom stereocenters. The second kappa shape index (κ2) is 3.70. The number of aryl methyl sites for hydroxylation is 2.